The first-order chi connectivity index (χ1) is 12.5. The molecule has 0 saturated heterocycles. The molecule has 3 heteroatoms. The summed E-state index contributed by atoms with van der Waals surface area (Å²) >= 11 is 2.01. The second-order valence-electron chi connectivity index (χ2n) is 7.55. The molecule has 2 aromatic rings. The predicted molar refractivity (Wildman–Crippen MR) is 120 cm³/mol. The van der Waals surface area contributed by atoms with Crippen LogP contribution in [-0.2, 0) is 0 Å². The Hall–Kier alpha value is -1.19. The van der Waals surface area contributed by atoms with Gasteiger partial charge in [-0.15, -0.1) is 11.8 Å². The van der Waals surface area contributed by atoms with Crippen LogP contribution in [0.4, 0.5) is 0 Å². The van der Waals surface area contributed by atoms with Crippen LogP contribution in [0.3, 0.4) is 0 Å². The number of phenolic OH excluding ortho intramolecular Hbond substituents is 1. The molecule has 0 bridgehead atoms. The molecule has 26 heavy (non-hydrogen) atoms. The summed E-state index contributed by atoms with van der Waals surface area (Å²) in [5, 5.41) is 12.9. The highest BCUT2D eigenvalue weighted by Gasteiger charge is 2.33. The van der Waals surface area contributed by atoms with Gasteiger partial charge in [0.15, 0.2) is 0 Å². The van der Waals surface area contributed by atoms with E-state index in [1.165, 1.54) is 48.0 Å². The minimum absolute atomic E-state index is 0.442. The molecule has 0 amide bonds. The molecule has 0 aliphatic rings. The number of hydrogen-bond acceptors (Lipinski definition) is 2. The second-order valence-corrected chi connectivity index (χ2v) is 13.6. The maximum atomic E-state index is 10.1. The third kappa shape index (κ3) is 5.40. The van der Waals surface area contributed by atoms with E-state index in [2.05, 4.69) is 56.3 Å². The molecule has 0 saturated carbocycles. The summed E-state index contributed by atoms with van der Waals surface area (Å²) in [5.41, 5.74) is 1.98. The van der Waals surface area contributed by atoms with Crippen molar-refractivity contribution < 1.29 is 5.11 Å². The quantitative estimate of drug-likeness (QED) is 0.367. The summed E-state index contributed by atoms with van der Waals surface area (Å²) in [4.78, 5) is 1.30. The molecule has 142 valence electrons. The molecule has 1 nitrogen and oxygen atoms in total. The maximum Gasteiger partial charge on any atom is 0.121 e. The van der Waals surface area contributed by atoms with Gasteiger partial charge in [-0.05, 0) is 42.5 Å². The predicted octanol–water partition coefficient (Wildman–Crippen LogP) is 6.60. The van der Waals surface area contributed by atoms with Gasteiger partial charge in [-0.25, -0.2) is 0 Å². The Labute approximate surface area is 165 Å². The zero-order valence-electron chi connectivity index (χ0n) is 16.8. The number of hydrogen-bond donors (Lipinski definition) is 1. The maximum absolute atomic E-state index is 10.1. The van der Waals surface area contributed by atoms with E-state index in [0.717, 1.165) is 11.1 Å². The van der Waals surface area contributed by atoms with Crippen molar-refractivity contribution in [3.8, 4) is 5.75 Å². The Morgan fingerprint density at radius 3 is 1.92 bits per heavy atom. The van der Waals surface area contributed by atoms with Crippen LogP contribution in [0, 0.1) is 13.8 Å². The summed E-state index contributed by atoms with van der Waals surface area (Å²) < 4.78 is 0. The number of phenols is 1. The zero-order chi connectivity index (χ0) is 19.0. The fraction of sp³-hybridized carbons (Fsp3) is 0.478. The van der Waals surface area contributed by atoms with Gasteiger partial charge in [0, 0.05) is 4.90 Å². The summed E-state index contributed by atoms with van der Waals surface area (Å²) in [7, 11) is -1.54. The lowest BCUT2D eigenvalue weighted by molar-refractivity contribution is 0.466. The molecular weight excluding hydrogens is 352 g/mol. The van der Waals surface area contributed by atoms with Crippen molar-refractivity contribution in [3.63, 3.8) is 0 Å². The molecule has 1 N–H and O–H groups in total. The van der Waals surface area contributed by atoms with Gasteiger partial charge < -0.3 is 5.11 Å². The molecule has 0 spiro atoms. The van der Waals surface area contributed by atoms with Crippen molar-refractivity contribution in [3.05, 3.63) is 53.6 Å². The van der Waals surface area contributed by atoms with Crippen LogP contribution >= 0.6 is 11.8 Å². The average Bonchev–Trinajstić information content (AvgIpc) is 2.66. The van der Waals surface area contributed by atoms with Crippen LogP contribution < -0.4 is 5.19 Å². The molecule has 0 aliphatic heterocycles. The van der Waals surface area contributed by atoms with Crippen molar-refractivity contribution in [2.24, 2.45) is 0 Å². The topological polar surface area (TPSA) is 20.2 Å². The first-order valence-corrected chi connectivity index (χ1v) is 13.6. The summed E-state index contributed by atoms with van der Waals surface area (Å²) in [5.74, 6) is 0.442. The average molecular weight is 387 g/mol. The highest BCUT2D eigenvalue weighted by Crippen LogP contribution is 2.33. The van der Waals surface area contributed by atoms with Crippen molar-refractivity contribution in [1.29, 1.82) is 0 Å². The smallest absolute Gasteiger partial charge is 0.121 e. The van der Waals surface area contributed by atoms with Gasteiger partial charge in [-0.1, -0.05) is 87.1 Å². The standard InChI is InChI=1S/C23H34OSSi/c1-5-7-14-26(15-8-6-2,22-12-10-9-11-13-22)18-25-21-16-19(3)23(24)20(4)17-21/h9-13,16-17,24H,5-8,14-15,18H2,1-4H3. The number of aromatic hydroxyl groups is 1. The van der Waals surface area contributed by atoms with Gasteiger partial charge in [0.1, 0.15) is 5.75 Å². The van der Waals surface area contributed by atoms with Crippen molar-refractivity contribution >= 4 is 25.0 Å². The van der Waals surface area contributed by atoms with Gasteiger partial charge >= 0.3 is 0 Å². The molecule has 0 radical (unpaired) electrons. The van der Waals surface area contributed by atoms with Crippen molar-refractivity contribution in [2.45, 2.75) is 70.4 Å². The molecule has 0 atom stereocenters. The fourth-order valence-corrected chi connectivity index (χ4v) is 11.6. The highest BCUT2D eigenvalue weighted by atomic mass is 32.2. The first-order valence-electron chi connectivity index (χ1n) is 10.0. The van der Waals surface area contributed by atoms with Gasteiger partial charge in [0.05, 0.1) is 8.07 Å². The van der Waals surface area contributed by atoms with Crippen LogP contribution in [0.2, 0.25) is 12.1 Å². The van der Waals surface area contributed by atoms with Gasteiger partial charge in [0.2, 0.25) is 0 Å². The number of unbranched alkanes of at least 4 members (excludes halogenated alkanes) is 2. The molecule has 0 fully saturated rings. The van der Waals surface area contributed by atoms with Crippen LogP contribution in [-0.4, -0.2) is 18.6 Å². The number of rotatable bonds is 10. The van der Waals surface area contributed by atoms with Crippen molar-refractivity contribution in [2.75, 3.05) is 5.38 Å². The highest BCUT2D eigenvalue weighted by molar-refractivity contribution is 8.01. The van der Waals surface area contributed by atoms with E-state index in [9.17, 15) is 5.11 Å². The Morgan fingerprint density at radius 1 is 0.885 bits per heavy atom. The van der Waals surface area contributed by atoms with E-state index in [0.29, 0.717) is 5.75 Å². The SMILES string of the molecule is CCCC[Si](CCCC)(CSc1cc(C)c(O)c(C)c1)c1ccccc1. The minimum atomic E-state index is -1.54. The van der Waals surface area contributed by atoms with Gasteiger partial charge in [-0.2, -0.15) is 0 Å². The molecule has 0 heterocycles. The Kier molecular flexibility index (Phi) is 8.30. The summed E-state index contributed by atoms with van der Waals surface area (Å²) in [6.45, 7) is 8.62. The van der Waals surface area contributed by atoms with Crippen LogP contribution in [0.15, 0.2) is 47.4 Å². The molecule has 2 rings (SSSR count). The largest absolute Gasteiger partial charge is 0.507 e. The molecular formula is C23H34OSSi. The molecule has 0 unspecified atom stereocenters. The Bertz CT molecular complexity index is 653. The number of benzene rings is 2. The monoisotopic (exact) mass is 386 g/mol. The number of thioether (sulfide) groups is 1. The normalized spacial score (nSPS) is 11.7. The van der Waals surface area contributed by atoms with Gasteiger partial charge in [0.25, 0.3) is 0 Å². The summed E-state index contributed by atoms with van der Waals surface area (Å²) in [6, 6.07) is 18.4. The fourth-order valence-electron chi connectivity index (χ4n) is 3.68. The molecule has 2 aromatic carbocycles. The van der Waals surface area contributed by atoms with E-state index in [4.69, 9.17) is 0 Å². The minimum Gasteiger partial charge on any atom is -0.507 e. The zero-order valence-corrected chi connectivity index (χ0v) is 18.7. The lowest BCUT2D eigenvalue weighted by Gasteiger charge is -2.32. The first kappa shape index (κ1) is 21.1. The lowest BCUT2D eigenvalue weighted by atomic mass is 10.1. The Balaban J connectivity index is 2.30. The summed E-state index contributed by atoms with van der Waals surface area (Å²) in [6.07, 6.45) is 5.21. The molecule has 0 aliphatic carbocycles. The van der Waals surface area contributed by atoms with E-state index in [1.54, 1.807) is 5.19 Å². The third-order valence-corrected chi connectivity index (χ3v) is 12.9. The molecule has 0 aromatic heterocycles. The van der Waals surface area contributed by atoms with Crippen LogP contribution in [0.5, 0.6) is 5.75 Å². The van der Waals surface area contributed by atoms with E-state index < -0.39 is 8.07 Å². The van der Waals surface area contributed by atoms with Crippen molar-refractivity contribution in [1.82, 2.24) is 0 Å². The Morgan fingerprint density at radius 2 is 1.42 bits per heavy atom. The number of aryl methyl sites for hydroxylation is 2. The third-order valence-electron chi connectivity index (χ3n) is 5.38. The van der Waals surface area contributed by atoms with Crippen LogP contribution in [0.25, 0.3) is 0 Å². The van der Waals surface area contributed by atoms with Gasteiger partial charge in [-0.3, -0.25) is 0 Å². The lowest BCUT2D eigenvalue weighted by Crippen LogP contribution is -2.50. The van der Waals surface area contributed by atoms with E-state index in [1.807, 2.05) is 25.6 Å². The van der Waals surface area contributed by atoms with E-state index >= 15 is 0 Å². The second kappa shape index (κ2) is 10.2. The van der Waals surface area contributed by atoms with Crippen LogP contribution in [0.1, 0.15) is 50.7 Å². The van der Waals surface area contributed by atoms with E-state index in [-0.39, 0.29) is 0 Å².